The van der Waals surface area contributed by atoms with Gasteiger partial charge >= 0.3 is 0 Å². The molecular weight excluding hydrogens is 266 g/mol. The van der Waals surface area contributed by atoms with E-state index < -0.39 is 22.0 Å². The molecule has 1 aromatic carbocycles. The van der Waals surface area contributed by atoms with Crippen molar-refractivity contribution in [2.75, 3.05) is 5.32 Å². The third kappa shape index (κ3) is 4.06. The van der Waals surface area contributed by atoms with Crippen molar-refractivity contribution in [1.29, 1.82) is 0 Å². The summed E-state index contributed by atoms with van der Waals surface area (Å²) in [6, 6.07) is 3.54. The molecule has 6 nitrogen and oxygen atoms in total. The summed E-state index contributed by atoms with van der Waals surface area (Å²) in [6.45, 7) is 1.61. The van der Waals surface area contributed by atoms with E-state index in [1.165, 1.54) is 6.07 Å². The summed E-state index contributed by atoms with van der Waals surface area (Å²) in [5, 5.41) is 7.56. The molecule has 0 aliphatic heterocycles. The summed E-state index contributed by atoms with van der Waals surface area (Å²) in [7, 11) is -3.84. The van der Waals surface area contributed by atoms with Gasteiger partial charge in [-0.1, -0.05) is 6.07 Å². The Morgan fingerprint density at radius 2 is 2.16 bits per heavy atom. The monoisotopic (exact) mass is 281 g/mol. The Labute approximate surface area is 112 Å². The summed E-state index contributed by atoms with van der Waals surface area (Å²) in [5.41, 5.74) is 6.32. The molecule has 0 saturated heterocycles. The van der Waals surface area contributed by atoms with Crippen molar-refractivity contribution >= 4 is 21.6 Å². The number of carbonyl (C=O) groups excluding carboxylic acids is 1. The summed E-state index contributed by atoms with van der Waals surface area (Å²) >= 11 is 0. The minimum absolute atomic E-state index is 0.0455. The highest BCUT2D eigenvalue weighted by Crippen LogP contribution is 2.19. The molecule has 0 aromatic heterocycles. The van der Waals surface area contributed by atoms with Crippen molar-refractivity contribution in [2.24, 2.45) is 10.9 Å². The van der Waals surface area contributed by atoms with E-state index in [1.54, 1.807) is 19.1 Å². The van der Waals surface area contributed by atoms with E-state index >= 15 is 0 Å². The summed E-state index contributed by atoms with van der Waals surface area (Å²) in [6.07, 6.45) is 5.15. The molecule has 7 heteroatoms. The molecule has 1 atom stereocenters. The molecule has 1 amide bonds. The van der Waals surface area contributed by atoms with E-state index in [-0.39, 0.29) is 11.3 Å². The molecule has 102 valence electrons. The van der Waals surface area contributed by atoms with Crippen molar-refractivity contribution in [3.63, 3.8) is 0 Å². The van der Waals surface area contributed by atoms with Crippen LogP contribution < -0.4 is 16.2 Å². The van der Waals surface area contributed by atoms with Crippen LogP contribution in [0.25, 0.3) is 0 Å². The quantitative estimate of drug-likeness (QED) is 0.670. The standard InChI is InChI=1S/C12H15N3O3S/c1-3-4-10(13)12(16)15-9-6-5-8(2)11(7-9)19(14,17)18/h1,5-7,10H,4,13H2,2H3,(H,15,16)(H2,14,17,18). The third-order valence-electron chi connectivity index (χ3n) is 2.44. The van der Waals surface area contributed by atoms with Crippen molar-refractivity contribution in [1.82, 2.24) is 0 Å². The van der Waals surface area contributed by atoms with Crippen LogP contribution in [0.4, 0.5) is 5.69 Å². The first-order valence-electron chi connectivity index (χ1n) is 5.39. The number of amides is 1. The lowest BCUT2D eigenvalue weighted by molar-refractivity contribution is -0.117. The Hall–Kier alpha value is -1.88. The van der Waals surface area contributed by atoms with Crippen LogP contribution in [0.15, 0.2) is 23.1 Å². The normalized spacial score (nSPS) is 12.5. The molecule has 0 aliphatic rings. The number of nitrogens with two attached hydrogens (primary N) is 2. The maximum atomic E-state index is 11.6. The zero-order chi connectivity index (χ0) is 14.6. The van der Waals surface area contributed by atoms with E-state index in [9.17, 15) is 13.2 Å². The molecule has 19 heavy (non-hydrogen) atoms. The Morgan fingerprint density at radius 1 is 1.53 bits per heavy atom. The number of hydrogen-bond acceptors (Lipinski definition) is 4. The average molecular weight is 281 g/mol. The first-order valence-corrected chi connectivity index (χ1v) is 6.93. The maximum Gasteiger partial charge on any atom is 0.242 e. The van der Waals surface area contributed by atoms with E-state index in [0.29, 0.717) is 11.3 Å². The van der Waals surface area contributed by atoms with Gasteiger partial charge < -0.3 is 11.1 Å². The fourth-order valence-corrected chi connectivity index (χ4v) is 2.25. The Kier molecular flexibility index (Phi) is 4.67. The Bertz CT molecular complexity index is 632. The number of terminal acetylenes is 1. The van der Waals surface area contributed by atoms with Gasteiger partial charge in [0, 0.05) is 12.1 Å². The summed E-state index contributed by atoms with van der Waals surface area (Å²) in [4.78, 5) is 11.6. The van der Waals surface area contributed by atoms with Gasteiger partial charge in [0.2, 0.25) is 15.9 Å². The van der Waals surface area contributed by atoms with Gasteiger partial charge in [-0.15, -0.1) is 12.3 Å². The molecule has 0 fully saturated rings. The fraction of sp³-hybridized carbons (Fsp3) is 0.250. The van der Waals surface area contributed by atoms with Crippen LogP contribution in [0.5, 0.6) is 0 Å². The second-order valence-electron chi connectivity index (χ2n) is 4.03. The van der Waals surface area contributed by atoms with Crippen LogP contribution in [0.1, 0.15) is 12.0 Å². The molecule has 1 aromatic rings. The fourth-order valence-electron chi connectivity index (χ4n) is 1.44. The SMILES string of the molecule is C#CCC(N)C(=O)Nc1ccc(C)c(S(N)(=O)=O)c1. The lowest BCUT2D eigenvalue weighted by atomic mass is 10.2. The van der Waals surface area contributed by atoms with Gasteiger partial charge in [-0.3, -0.25) is 4.79 Å². The molecule has 0 bridgehead atoms. The highest BCUT2D eigenvalue weighted by molar-refractivity contribution is 7.89. The van der Waals surface area contributed by atoms with E-state index in [4.69, 9.17) is 17.3 Å². The molecule has 0 heterocycles. The molecule has 0 saturated carbocycles. The molecule has 0 aliphatic carbocycles. The summed E-state index contributed by atoms with van der Waals surface area (Å²) < 4.78 is 22.7. The zero-order valence-corrected chi connectivity index (χ0v) is 11.2. The van der Waals surface area contributed by atoms with Crippen molar-refractivity contribution in [3.05, 3.63) is 23.8 Å². The lowest BCUT2D eigenvalue weighted by Gasteiger charge is -2.11. The number of benzene rings is 1. The van der Waals surface area contributed by atoms with Gasteiger partial charge in [-0.2, -0.15) is 0 Å². The second-order valence-corrected chi connectivity index (χ2v) is 5.56. The van der Waals surface area contributed by atoms with Crippen LogP contribution in [0, 0.1) is 19.3 Å². The first-order chi connectivity index (χ1) is 8.75. The van der Waals surface area contributed by atoms with Crippen LogP contribution in [0.3, 0.4) is 0 Å². The van der Waals surface area contributed by atoms with Crippen LogP contribution in [0.2, 0.25) is 0 Å². The minimum atomic E-state index is -3.84. The Balaban J connectivity index is 2.99. The predicted octanol–water partition coefficient (Wildman–Crippen LogP) is -0.0685. The second kappa shape index (κ2) is 5.84. The number of rotatable bonds is 4. The van der Waals surface area contributed by atoms with Crippen molar-refractivity contribution < 1.29 is 13.2 Å². The summed E-state index contributed by atoms with van der Waals surface area (Å²) in [5.74, 6) is 1.79. The minimum Gasteiger partial charge on any atom is -0.325 e. The average Bonchev–Trinajstić information content (AvgIpc) is 2.30. The maximum absolute atomic E-state index is 11.6. The third-order valence-corrected chi connectivity index (χ3v) is 3.49. The number of nitrogens with one attached hydrogen (secondary N) is 1. The molecule has 5 N–H and O–H groups in total. The van der Waals surface area contributed by atoms with E-state index in [1.807, 2.05) is 0 Å². The van der Waals surface area contributed by atoms with E-state index in [2.05, 4.69) is 11.2 Å². The number of primary sulfonamides is 1. The lowest BCUT2D eigenvalue weighted by Crippen LogP contribution is -2.35. The van der Waals surface area contributed by atoms with Gasteiger partial charge in [0.05, 0.1) is 10.9 Å². The van der Waals surface area contributed by atoms with Gasteiger partial charge in [0.25, 0.3) is 0 Å². The van der Waals surface area contributed by atoms with Crippen LogP contribution >= 0.6 is 0 Å². The molecule has 0 radical (unpaired) electrons. The largest absolute Gasteiger partial charge is 0.325 e. The Morgan fingerprint density at radius 3 is 2.68 bits per heavy atom. The van der Waals surface area contributed by atoms with Gasteiger partial charge in [-0.05, 0) is 24.6 Å². The van der Waals surface area contributed by atoms with Crippen LogP contribution in [-0.4, -0.2) is 20.4 Å². The topological polar surface area (TPSA) is 115 Å². The highest BCUT2D eigenvalue weighted by atomic mass is 32.2. The first kappa shape index (κ1) is 15.2. The number of carbonyl (C=O) groups is 1. The molecule has 0 spiro atoms. The molecular formula is C12H15N3O3S. The van der Waals surface area contributed by atoms with Gasteiger partial charge in [0.1, 0.15) is 0 Å². The van der Waals surface area contributed by atoms with E-state index in [0.717, 1.165) is 0 Å². The zero-order valence-electron chi connectivity index (χ0n) is 10.4. The van der Waals surface area contributed by atoms with Crippen LogP contribution in [-0.2, 0) is 14.8 Å². The number of aryl methyl sites for hydroxylation is 1. The number of hydrogen-bond donors (Lipinski definition) is 3. The predicted molar refractivity (Wildman–Crippen MR) is 72.6 cm³/mol. The smallest absolute Gasteiger partial charge is 0.242 e. The van der Waals surface area contributed by atoms with Crippen molar-refractivity contribution in [3.8, 4) is 12.3 Å². The number of sulfonamides is 1. The molecule has 1 unspecified atom stereocenters. The van der Waals surface area contributed by atoms with Gasteiger partial charge in [-0.25, -0.2) is 13.6 Å². The molecule has 1 rings (SSSR count). The van der Waals surface area contributed by atoms with Gasteiger partial charge in [0.15, 0.2) is 0 Å². The highest BCUT2D eigenvalue weighted by Gasteiger charge is 2.15. The van der Waals surface area contributed by atoms with Crippen molar-refractivity contribution in [2.45, 2.75) is 24.3 Å². The number of anilines is 1.